The van der Waals surface area contributed by atoms with Gasteiger partial charge in [0.05, 0.1) is 23.1 Å². The molecular weight excluding hydrogens is 408 g/mol. The number of anilines is 1. The molecule has 2 fully saturated rings. The first-order valence-electron chi connectivity index (χ1n) is 9.31. The third kappa shape index (κ3) is 3.98. The van der Waals surface area contributed by atoms with Crippen LogP contribution in [0.4, 0.5) is 5.82 Å². The topological polar surface area (TPSA) is 75.9 Å². The number of carbonyl (C=O) groups is 1. The van der Waals surface area contributed by atoms with Gasteiger partial charge in [0.15, 0.2) is 0 Å². The first-order chi connectivity index (χ1) is 14.1. The van der Waals surface area contributed by atoms with Gasteiger partial charge in [-0.1, -0.05) is 36.1 Å². The van der Waals surface area contributed by atoms with E-state index in [4.69, 9.17) is 17.0 Å². The van der Waals surface area contributed by atoms with E-state index in [1.165, 1.54) is 16.2 Å². The summed E-state index contributed by atoms with van der Waals surface area (Å²) in [5.74, 6) is 0.202. The second-order valence-electron chi connectivity index (χ2n) is 6.70. The first kappa shape index (κ1) is 19.8. The van der Waals surface area contributed by atoms with Gasteiger partial charge < -0.3 is 10.1 Å². The van der Waals surface area contributed by atoms with E-state index in [1.807, 2.05) is 6.07 Å². The van der Waals surface area contributed by atoms with E-state index in [9.17, 15) is 9.59 Å². The van der Waals surface area contributed by atoms with Crippen molar-refractivity contribution in [2.24, 2.45) is 0 Å². The van der Waals surface area contributed by atoms with Gasteiger partial charge in [0.1, 0.15) is 15.8 Å². The van der Waals surface area contributed by atoms with Gasteiger partial charge in [-0.05, 0) is 31.1 Å². The van der Waals surface area contributed by atoms with Crippen LogP contribution in [0.25, 0.3) is 11.7 Å². The van der Waals surface area contributed by atoms with Crippen LogP contribution in [0.15, 0.2) is 46.8 Å². The number of hydrogen-bond donors (Lipinski definition) is 1. The number of thioether (sulfide) groups is 1. The predicted molar refractivity (Wildman–Crippen MR) is 119 cm³/mol. The molecule has 4 rings (SSSR count). The summed E-state index contributed by atoms with van der Waals surface area (Å²) in [5.41, 5.74) is 0.576. The fraction of sp³-hybridized carbons (Fsp3) is 0.300. The number of carbonyl (C=O) groups excluding carboxylic acids is 1. The number of ether oxygens (including phenoxy) is 1. The van der Waals surface area contributed by atoms with Crippen LogP contribution in [0.5, 0.6) is 0 Å². The molecule has 0 aromatic carbocycles. The molecule has 0 spiro atoms. The number of rotatable bonds is 6. The van der Waals surface area contributed by atoms with E-state index in [0.29, 0.717) is 46.0 Å². The Balaban J connectivity index is 1.71. The summed E-state index contributed by atoms with van der Waals surface area (Å²) >= 11 is 6.60. The van der Waals surface area contributed by atoms with Crippen LogP contribution >= 0.6 is 24.0 Å². The lowest BCUT2D eigenvalue weighted by Crippen LogP contribution is -2.35. The van der Waals surface area contributed by atoms with E-state index in [-0.39, 0.29) is 17.6 Å². The second-order valence-corrected chi connectivity index (χ2v) is 8.38. The van der Waals surface area contributed by atoms with Gasteiger partial charge in [0.2, 0.25) is 0 Å². The number of aromatic nitrogens is 2. The van der Waals surface area contributed by atoms with Crippen molar-refractivity contribution in [2.75, 3.05) is 25.0 Å². The van der Waals surface area contributed by atoms with Gasteiger partial charge in [-0.3, -0.25) is 18.9 Å². The maximum atomic E-state index is 13.1. The van der Waals surface area contributed by atoms with Crippen LogP contribution in [0.1, 0.15) is 18.4 Å². The van der Waals surface area contributed by atoms with Gasteiger partial charge in [-0.15, -0.1) is 6.58 Å². The number of hydrogen-bond acceptors (Lipinski definition) is 7. The molecule has 0 radical (unpaired) electrons. The Morgan fingerprint density at radius 1 is 1.41 bits per heavy atom. The third-order valence-electron chi connectivity index (χ3n) is 4.74. The minimum absolute atomic E-state index is 0.00892. The number of nitrogens with one attached hydrogen (secondary N) is 1. The number of amides is 1. The van der Waals surface area contributed by atoms with Gasteiger partial charge in [-0.2, -0.15) is 0 Å². The Morgan fingerprint density at radius 2 is 2.28 bits per heavy atom. The summed E-state index contributed by atoms with van der Waals surface area (Å²) < 4.78 is 7.57. The molecule has 1 atom stereocenters. The third-order valence-corrected chi connectivity index (χ3v) is 6.12. The lowest BCUT2D eigenvalue weighted by atomic mass is 10.2. The van der Waals surface area contributed by atoms with Crippen LogP contribution in [0, 0.1) is 0 Å². The van der Waals surface area contributed by atoms with Crippen molar-refractivity contribution in [3.8, 4) is 0 Å². The molecule has 1 N–H and O–H groups in total. The zero-order valence-corrected chi connectivity index (χ0v) is 17.3. The molecule has 2 aliphatic rings. The SMILES string of the molecule is C=CCNc1nc2ccccn2c(=O)c1/C=C1/SC(=S)N(CC2CCCO2)C1=O. The van der Waals surface area contributed by atoms with Crippen molar-refractivity contribution in [1.29, 1.82) is 0 Å². The summed E-state index contributed by atoms with van der Waals surface area (Å²) in [7, 11) is 0. The van der Waals surface area contributed by atoms with E-state index in [0.717, 1.165) is 12.8 Å². The second kappa shape index (κ2) is 8.48. The van der Waals surface area contributed by atoms with Crippen molar-refractivity contribution in [1.82, 2.24) is 14.3 Å². The normalized spacial score (nSPS) is 20.8. The number of fused-ring (bicyclic) bond motifs is 1. The van der Waals surface area contributed by atoms with Crippen LogP contribution < -0.4 is 10.9 Å². The largest absolute Gasteiger partial charge is 0.376 e. The van der Waals surface area contributed by atoms with Crippen LogP contribution in [0.2, 0.25) is 0 Å². The number of thiocarbonyl (C=S) groups is 1. The average molecular weight is 429 g/mol. The molecule has 2 aromatic heterocycles. The van der Waals surface area contributed by atoms with E-state index >= 15 is 0 Å². The summed E-state index contributed by atoms with van der Waals surface area (Å²) in [5, 5.41) is 3.09. The monoisotopic (exact) mass is 428 g/mol. The van der Waals surface area contributed by atoms with Crippen molar-refractivity contribution < 1.29 is 9.53 Å². The van der Waals surface area contributed by atoms with Crippen molar-refractivity contribution in [3.05, 3.63) is 57.9 Å². The molecule has 29 heavy (non-hydrogen) atoms. The number of nitrogens with zero attached hydrogens (tertiary/aromatic N) is 3. The lowest BCUT2D eigenvalue weighted by molar-refractivity contribution is -0.123. The molecule has 2 aromatic rings. The van der Waals surface area contributed by atoms with Crippen molar-refractivity contribution in [2.45, 2.75) is 18.9 Å². The van der Waals surface area contributed by atoms with Crippen LogP contribution in [0.3, 0.4) is 0 Å². The quantitative estimate of drug-likeness (QED) is 0.431. The first-order valence-corrected chi connectivity index (χ1v) is 10.5. The van der Waals surface area contributed by atoms with E-state index in [2.05, 4.69) is 16.9 Å². The van der Waals surface area contributed by atoms with Gasteiger partial charge in [0.25, 0.3) is 11.5 Å². The smallest absolute Gasteiger partial charge is 0.267 e. The lowest BCUT2D eigenvalue weighted by Gasteiger charge is -2.18. The van der Waals surface area contributed by atoms with Crippen LogP contribution in [-0.4, -0.2) is 50.3 Å². The average Bonchev–Trinajstić information content (AvgIpc) is 3.33. The maximum Gasteiger partial charge on any atom is 0.267 e. The molecule has 4 heterocycles. The highest BCUT2D eigenvalue weighted by atomic mass is 32.2. The minimum atomic E-state index is -0.258. The molecule has 150 valence electrons. The standard InChI is InChI=1S/C20H20N4O3S2/c1-2-8-21-17-14(18(25)23-9-4-3-7-16(23)22-17)11-15-19(26)24(20(28)29-15)12-13-6-5-10-27-13/h2-4,7,9,11,13,21H,1,5-6,8,10,12H2/b15-11+. The highest BCUT2D eigenvalue weighted by Crippen LogP contribution is 2.34. The summed E-state index contributed by atoms with van der Waals surface area (Å²) in [6.45, 7) is 5.29. The van der Waals surface area contributed by atoms with Gasteiger partial charge in [-0.25, -0.2) is 4.98 Å². The molecule has 2 saturated heterocycles. The fourth-order valence-electron chi connectivity index (χ4n) is 3.32. The molecule has 1 unspecified atom stereocenters. The highest BCUT2D eigenvalue weighted by molar-refractivity contribution is 8.26. The zero-order valence-electron chi connectivity index (χ0n) is 15.7. The Kier molecular flexibility index (Phi) is 5.79. The van der Waals surface area contributed by atoms with E-state index < -0.39 is 0 Å². The minimum Gasteiger partial charge on any atom is -0.376 e. The molecule has 9 heteroatoms. The molecule has 0 bridgehead atoms. The predicted octanol–water partition coefficient (Wildman–Crippen LogP) is 2.67. The van der Waals surface area contributed by atoms with E-state index in [1.54, 1.807) is 35.4 Å². The fourth-order valence-corrected chi connectivity index (χ4v) is 4.57. The Hall–Kier alpha value is -2.49. The Labute approximate surface area is 177 Å². The molecule has 2 aliphatic heterocycles. The Bertz CT molecular complexity index is 1070. The molecule has 0 saturated carbocycles. The molecule has 0 aliphatic carbocycles. The van der Waals surface area contributed by atoms with Crippen molar-refractivity contribution in [3.63, 3.8) is 0 Å². The zero-order chi connectivity index (χ0) is 20.4. The van der Waals surface area contributed by atoms with Gasteiger partial charge in [0, 0.05) is 19.3 Å². The molecular formula is C20H20N4O3S2. The molecule has 7 nitrogen and oxygen atoms in total. The highest BCUT2D eigenvalue weighted by Gasteiger charge is 2.35. The summed E-state index contributed by atoms with van der Waals surface area (Å²) in [6, 6.07) is 5.33. The Morgan fingerprint density at radius 3 is 3.03 bits per heavy atom. The van der Waals surface area contributed by atoms with Crippen LogP contribution in [-0.2, 0) is 9.53 Å². The number of pyridine rings is 1. The maximum absolute atomic E-state index is 13.1. The summed E-state index contributed by atoms with van der Waals surface area (Å²) in [6.07, 6.45) is 6.83. The van der Waals surface area contributed by atoms with Crippen molar-refractivity contribution >= 4 is 51.7 Å². The summed E-state index contributed by atoms with van der Waals surface area (Å²) in [4.78, 5) is 32.5. The molecule has 1 amide bonds. The van der Waals surface area contributed by atoms with Gasteiger partial charge >= 0.3 is 0 Å².